The number of rotatable bonds is 7. The van der Waals surface area contributed by atoms with Gasteiger partial charge in [0.05, 0.1) is 13.1 Å². The quantitative estimate of drug-likeness (QED) is 0.269. The molecular weight excluding hydrogens is 509 g/mol. The van der Waals surface area contributed by atoms with Gasteiger partial charge in [0.25, 0.3) is 0 Å². The number of fused-ring (bicyclic) bond motifs is 1. The molecule has 4 rings (SSSR count). The van der Waals surface area contributed by atoms with Crippen LogP contribution in [0.15, 0.2) is 42.0 Å². The third kappa shape index (κ3) is 6.00. The Balaban J connectivity index is 0.00000272. The van der Waals surface area contributed by atoms with Gasteiger partial charge in [-0.05, 0) is 25.0 Å². The molecule has 0 radical (unpaired) electrons. The fourth-order valence-corrected chi connectivity index (χ4v) is 3.41. The minimum Gasteiger partial charge on any atom is -0.377 e. The number of aromatic nitrogens is 6. The summed E-state index contributed by atoms with van der Waals surface area (Å²) >= 11 is 0. The highest BCUT2D eigenvalue weighted by Crippen LogP contribution is 2.13. The van der Waals surface area contributed by atoms with Gasteiger partial charge in [0.1, 0.15) is 24.6 Å². The topological polar surface area (TPSA) is 107 Å². The van der Waals surface area contributed by atoms with E-state index in [1.807, 2.05) is 33.8 Å². The highest BCUT2D eigenvalue weighted by atomic mass is 127. The summed E-state index contributed by atoms with van der Waals surface area (Å²) in [5.74, 6) is 3.39. The minimum atomic E-state index is 0. The molecule has 0 saturated heterocycles. The van der Waals surface area contributed by atoms with Crippen LogP contribution in [0.4, 0.5) is 0 Å². The van der Waals surface area contributed by atoms with Crippen LogP contribution >= 0.6 is 24.0 Å². The molecule has 4 heterocycles. The molecule has 0 fully saturated rings. The van der Waals surface area contributed by atoms with E-state index >= 15 is 0 Å². The van der Waals surface area contributed by atoms with Crippen LogP contribution in [0.25, 0.3) is 5.82 Å². The van der Waals surface area contributed by atoms with E-state index in [1.54, 1.807) is 19.6 Å². The van der Waals surface area contributed by atoms with Crippen LogP contribution in [-0.2, 0) is 30.9 Å². The fourth-order valence-electron chi connectivity index (χ4n) is 3.41. The Labute approximate surface area is 198 Å². The molecule has 3 aromatic heterocycles. The number of imidazole rings is 1. The molecule has 0 aliphatic carbocycles. The fraction of sp³-hybridized carbons (Fsp3) is 0.450. The normalized spacial score (nSPS) is 15.8. The molecule has 166 valence electrons. The molecule has 2 N–H and O–H groups in total. The van der Waals surface area contributed by atoms with E-state index in [0.717, 1.165) is 54.9 Å². The van der Waals surface area contributed by atoms with Gasteiger partial charge in [-0.15, -0.1) is 24.0 Å². The summed E-state index contributed by atoms with van der Waals surface area (Å²) in [6, 6.07) is 4.25. The van der Waals surface area contributed by atoms with Crippen molar-refractivity contribution < 1.29 is 4.74 Å². The standard InChI is InChI=1S/C20H27N9O.HI/c1-3-22-20(24-11-15-4-6-18(23-10-15)28-9-8-21-14-28)25-16-5-7-19-26-17(13-30-2)27-29(19)12-16;/h4,6,8-10,14,16H,3,5,7,11-13H2,1-2H3,(H2,22,24,25);1H. The van der Waals surface area contributed by atoms with Crippen LogP contribution < -0.4 is 10.6 Å². The van der Waals surface area contributed by atoms with Gasteiger partial charge in [0, 0.05) is 44.7 Å². The predicted molar refractivity (Wildman–Crippen MR) is 128 cm³/mol. The average Bonchev–Trinajstić information content (AvgIpc) is 3.42. The van der Waals surface area contributed by atoms with Crippen molar-refractivity contribution in [1.82, 2.24) is 39.9 Å². The minimum absolute atomic E-state index is 0. The first-order chi connectivity index (χ1) is 14.7. The van der Waals surface area contributed by atoms with Gasteiger partial charge in [0.15, 0.2) is 11.8 Å². The molecule has 11 heteroatoms. The van der Waals surface area contributed by atoms with Crippen molar-refractivity contribution in [2.45, 2.75) is 45.5 Å². The maximum atomic E-state index is 5.14. The van der Waals surface area contributed by atoms with Gasteiger partial charge < -0.3 is 15.4 Å². The van der Waals surface area contributed by atoms with Crippen molar-refractivity contribution in [2.24, 2.45) is 4.99 Å². The Morgan fingerprint density at radius 2 is 2.26 bits per heavy atom. The van der Waals surface area contributed by atoms with Crippen molar-refractivity contribution in [2.75, 3.05) is 13.7 Å². The Hall–Kier alpha value is -2.54. The summed E-state index contributed by atoms with van der Waals surface area (Å²) < 4.78 is 8.98. The van der Waals surface area contributed by atoms with Crippen LogP contribution in [0.2, 0.25) is 0 Å². The zero-order chi connectivity index (χ0) is 20.8. The molecule has 0 aromatic carbocycles. The first kappa shape index (κ1) is 23.1. The number of halogens is 1. The zero-order valence-electron chi connectivity index (χ0n) is 17.7. The van der Waals surface area contributed by atoms with Crippen molar-refractivity contribution in [3.05, 3.63) is 54.3 Å². The molecule has 31 heavy (non-hydrogen) atoms. The molecule has 0 amide bonds. The summed E-state index contributed by atoms with van der Waals surface area (Å²) in [6.07, 6.45) is 9.05. The molecule has 0 spiro atoms. The average molecular weight is 537 g/mol. The predicted octanol–water partition coefficient (Wildman–Crippen LogP) is 1.69. The number of ether oxygens (including phenoxy) is 1. The first-order valence-corrected chi connectivity index (χ1v) is 10.1. The largest absolute Gasteiger partial charge is 0.377 e. The van der Waals surface area contributed by atoms with E-state index in [-0.39, 0.29) is 30.0 Å². The molecule has 1 aliphatic heterocycles. The number of pyridine rings is 1. The second-order valence-electron chi connectivity index (χ2n) is 7.13. The van der Waals surface area contributed by atoms with Crippen LogP contribution in [0.1, 0.15) is 30.6 Å². The maximum Gasteiger partial charge on any atom is 0.191 e. The lowest BCUT2D eigenvalue weighted by atomic mass is 10.1. The second-order valence-corrected chi connectivity index (χ2v) is 7.13. The van der Waals surface area contributed by atoms with Crippen LogP contribution in [-0.4, -0.2) is 55.0 Å². The van der Waals surface area contributed by atoms with E-state index in [1.165, 1.54) is 0 Å². The molecule has 1 atom stereocenters. The Morgan fingerprint density at radius 3 is 2.97 bits per heavy atom. The third-order valence-corrected chi connectivity index (χ3v) is 4.86. The van der Waals surface area contributed by atoms with Gasteiger partial charge >= 0.3 is 0 Å². The molecule has 1 unspecified atom stereocenters. The number of aliphatic imine (C=N–C) groups is 1. The number of hydrogen-bond acceptors (Lipinski definition) is 6. The van der Waals surface area contributed by atoms with Crippen LogP contribution in [0, 0.1) is 0 Å². The number of aryl methyl sites for hydroxylation is 1. The SMILES string of the molecule is CCNC(=NCc1ccc(-n2ccnc2)nc1)NC1CCc2nc(COC)nn2C1.I. The molecule has 1 aliphatic rings. The Kier molecular flexibility index (Phi) is 8.35. The summed E-state index contributed by atoms with van der Waals surface area (Å²) in [4.78, 5) is 17.8. The Bertz CT molecular complexity index is 969. The van der Waals surface area contributed by atoms with Gasteiger partial charge in [-0.1, -0.05) is 6.07 Å². The monoisotopic (exact) mass is 537 g/mol. The smallest absolute Gasteiger partial charge is 0.191 e. The van der Waals surface area contributed by atoms with Crippen molar-refractivity contribution >= 4 is 29.9 Å². The number of hydrogen-bond donors (Lipinski definition) is 2. The third-order valence-electron chi connectivity index (χ3n) is 4.86. The highest BCUT2D eigenvalue weighted by Gasteiger charge is 2.22. The number of guanidine groups is 1. The zero-order valence-corrected chi connectivity index (χ0v) is 20.1. The van der Waals surface area contributed by atoms with Crippen molar-refractivity contribution in [3.63, 3.8) is 0 Å². The van der Waals surface area contributed by atoms with Gasteiger partial charge in [-0.3, -0.25) is 4.57 Å². The highest BCUT2D eigenvalue weighted by molar-refractivity contribution is 14.0. The van der Waals surface area contributed by atoms with Crippen LogP contribution in [0.5, 0.6) is 0 Å². The van der Waals surface area contributed by atoms with E-state index in [0.29, 0.717) is 13.2 Å². The lowest BCUT2D eigenvalue weighted by Crippen LogP contribution is -2.47. The first-order valence-electron chi connectivity index (χ1n) is 10.1. The summed E-state index contributed by atoms with van der Waals surface area (Å²) in [5.41, 5.74) is 1.04. The molecule has 3 aromatic rings. The van der Waals surface area contributed by atoms with Crippen LogP contribution in [0.3, 0.4) is 0 Å². The number of methoxy groups -OCH3 is 1. The summed E-state index contributed by atoms with van der Waals surface area (Å²) in [7, 11) is 1.66. The van der Waals surface area contributed by atoms with Gasteiger partial charge in [-0.2, -0.15) is 5.10 Å². The molecule has 0 bridgehead atoms. The van der Waals surface area contributed by atoms with E-state index in [9.17, 15) is 0 Å². The number of nitrogens with zero attached hydrogens (tertiary/aromatic N) is 7. The number of nitrogens with one attached hydrogen (secondary N) is 2. The summed E-state index contributed by atoms with van der Waals surface area (Å²) in [6.45, 7) is 4.61. The molecule has 10 nitrogen and oxygen atoms in total. The van der Waals surface area contributed by atoms with Gasteiger partial charge in [-0.25, -0.2) is 24.6 Å². The Morgan fingerprint density at radius 1 is 1.35 bits per heavy atom. The summed E-state index contributed by atoms with van der Waals surface area (Å²) in [5, 5.41) is 11.4. The van der Waals surface area contributed by atoms with E-state index in [2.05, 4.69) is 37.6 Å². The second kappa shape index (κ2) is 11.2. The lowest BCUT2D eigenvalue weighted by molar-refractivity contribution is 0.177. The lowest BCUT2D eigenvalue weighted by Gasteiger charge is -2.25. The molecule has 0 saturated carbocycles. The van der Waals surface area contributed by atoms with E-state index in [4.69, 9.17) is 9.73 Å². The van der Waals surface area contributed by atoms with Crippen molar-refractivity contribution in [3.8, 4) is 5.82 Å². The molecular formula is C20H28IN9O. The van der Waals surface area contributed by atoms with Gasteiger partial charge in [0.2, 0.25) is 0 Å². The maximum absolute atomic E-state index is 5.14. The van der Waals surface area contributed by atoms with Crippen molar-refractivity contribution in [1.29, 1.82) is 0 Å². The van der Waals surface area contributed by atoms with E-state index < -0.39 is 0 Å².